The van der Waals surface area contributed by atoms with Crippen LogP contribution in [0.15, 0.2) is 60.9 Å². The van der Waals surface area contributed by atoms with Gasteiger partial charge in [-0.15, -0.1) is 0 Å². The smallest absolute Gasteiger partial charge is 0.261 e. The fourth-order valence-electron chi connectivity index (χ4n) is 5.46. The molecule has 3 aliphatic rings. The molecule has 2 aromatic heterocycles. The van der Waals surface area contributed by atoms with E-state index in [4.69, 9.17) is 47.5 Å². The van der Waals surface area contributed by atoms with Crippen molar-refractivity contribution in [2.75, 3.05) is 76.3 Å². The summed E-state index contributed by atoms with van der Waals surface area (Å²) < 4.78 is 84.9. The van der Waals surface area contributed by atoms with Crippen molar-refractivity contribution in [1.29, 1.82) is 0 Å². The van der Waals surface area contributed by atoms with Crippen LogP contribution in [0.5, 0.6) is 34.5 Å². The number of hydrogen-bond acceptors (Lipinski definition) is 14. The fourth-order valence-corrected chi connectivity index (χ4v) is 5.46. The van der Waals surface area contributed by atoms with Crippen molar-refractivity contribution in [1.82, 2.24) is 9.97 Å². The monoisotopic (exact) mass is 746 g/mol. The second-order valence-electron chi connectivity index (χ2n) is 11.4. The molecule has 18 heteroatoms. The van der Waals surface area contributed by atoms with Crippen LogP contribution < -0.4 is 38.2 Å². The van der Waals surface area contributed by atoms with E-state index in [1.54, 1.807) is 14.2 Å². The van der Waals surface area contributed by atoms with Gasteiger partial charge in [-0.05, 0) is 66.1 Å². The topological polar surface area (TPSA) is 196 Å². The van der Waals surface area contributed by atoms with Gasteiger partial charge in [-0.25, -0.2) is 9.97 Å². The van der Waals surface area contributed by atoms with Gasteiger partial charge >= 0.3 is 0 Å². The Hall–Kier alpha value is -5.04. The van der Waals surface area contributed by atoms with Gasteiger partial charge < -0.3 is 38.2 Å². The van der Waals surface area contributed by atoms with Crippen LogP contribution in [0.3, 0.4) is 0 Å². The van der Waals surface area contributed by atoms with Crippen molar-refractivity contribution >= 4 is 31.9 Å². The average molecular weight is 747 g/mol. The SMILES string of the molecule is COc1cc(-c2ccc(N3CCCN(c4ccc(-c5cc(OC)c6c(c5)OCO6)cn4)CC3)nc2)cc2c1OCO2.CS(=O)(=O)O.CS(=O)(=O)O. The second-order valence-corrected chi connectivity index (χ2v) is 14.4. The molecular weight excluding hydrogens is 709 g/mol. The molecule has 0 amide bonds. The highest BCUT2D eigenvalue weighted by molar-refractivity contribution is 7.85. The number of methoxy groups -OCH3 is 2. The van der Waals surface area contributed by atoms with Crippen LogP contribution >= 0.6 is 0 Å². The molecule has 0 unspecified atom stereocenters. The van der Waals surface area contributed by atoms with Crippen LogP contribution in [0.1, 0.15) is 6.42 Å². The van der Waals surface area contributed by atoms with Gasteiger partial charge in [0.1, 0.15) is 11.6 Å². The van der Waals surface area contributed by atoms with E-state index >= 15 is 0 Å². The Balaban J connectivity index is 0.000000447. The third-order valence-corrected chi connectivity index (χ3v) is 7.62. The Morgan fingerprint density at radius 2 is 1.00 bits per heavy atom. The summed E-state index contributed by atoms with van der Waals surface area (Å²) in [6.07, 6.45) is 6.24. The van der Waals surface area contributed by atoms with Crippen molar-refractivity contribution in [3.05, 3.63) is 60.9 Å². The minimum absolute atomic E-state index is 0.201. The summed E-state index contributed by atoms with van der Waals surface area (Å²) in [6, 6.07) is 16.2. The number of benzene rings is 2. The Labute approximate surface area is 296 Å². The zero-order valence-electron chi connectivity index (χ0n) is 28.3. The molecule has 2 N–H and O–H groups in total. The molecule has 0 saturated carbocycles. The first-order valence-corrected chi connectivity index (χ1v) is 19.1. The highest BCUT2D eigenvalue weighted by Crippen LogP contribution is 2.45. The van der Waals surface area contributed by atoms with Crippen LogP contribution in [-0.2, 0) is 20.2 Å². The van der Waals surface area contributed by atoms with Gasteiger partial charge in [0.15, 0.2) is 23.0 Å². The lowest BCUT2D eigenvalue weighted by Crippen LogP contribution is -2.31. The number of rotatable bonds is 6. The fraction of sp³-hybridized carbons (Fsp3) is 0.333. The Morgan fingerprint density at radius 3 is 1.33 bits per heavy atom. The van der Waals surface area contributed by atoms with E-state index in [1.807, 2.05) is 36.7 Å². The highest BCUT2D eigenvalue weighted by atomic mass is 32.2. The standard InChI is InChI=1S/C31H30N4O6.2CH4O3S/c1-36-24-12-22(14-26-30(24)40-18-38-26)20-4-6-28(32-16-20)34-8-3-9-35(11-10-34)29-7-5-21(17-33-29)23-13-25(37-2)31-27(15-23)39-19-41-31;2*1-5(2,3)4/h4-7,12-17H,3,8-11,18-19H2,1-2H3;2*1H3,(H,2,3,4). The van der Waals surface area contributed by atoms with Gasteiger partial charge in [0.05, 0.1) is 26.7 Å². The maximum Gasteiger partial charge on any atom is 0.261 e. The van der Waals surface area contributed by atoms with Crippen molar-refractivity contribution in [2.24, 2.45) is 0 Å². The molecule has 51 heavy (non-hydrogen) atoms. The Morgan fingerprint density at radius 1 is 0.608 bits per heavy atom. The predicted octanol–water partition coefficient (Wildman–Crippen LogP) is 4.01. The molecule has 2 aromatic carbocycles. The van der Waals surface area contributed by atoms with Crippen LogP contribution in [0.2, 0.25) is 0 Å². The van der Waals surface area contributed by atoms with Gasteiger partial charge in [-0.3, -0.25) is 9.11 Å². The predicted molar refractivity (Wildman–Crippen MR) is 189 cm³/mol. The molecule has 274 valence electrons. The van der Waals surface area contributed by atoms with E-state index in [0.29, 0.717) is 47.0 Å². The van der Waals surface area contributed by atoms with Crippen LogP contribution in [0.4, 0.5) is 11.6 Å². The maximum atomic E-state index is 9.19. The number of pyridine rings is 2. The molecule has 0 bridgehead atoms. The molecule has 1 saturated heterocycles. The molecule has 5 heterocycles. The number of ether oxygens (including phenoxy) is 6. The van der Waals surface area contributed by atoms with Crippen LogP contribution in [0, 0.1) is 0 Å². The summed E-state index contributed by atoms with van der Waals surface area (Å²) in [4.78, 5) is 14.3. The van der Waals surface area contributed by atoms with Gasteiger partial charge in [0.2, 0.25) is 25.1 Å². The maximum absolute atomic E-state index is 9.19. The molecule has 0 aliphatic carbocycles. The summed E-state index contributed by atoms with van der Waals surface area (Å²) in [6.45, 7) is 3.96. The summed E-state index contributed by atoms with van der Waals surface area (Å²) in [5.74, 6) is 5.90. The van der Waals surface area contributed by atoms with E-state index in [9.17, 15) is 16.8 Å². The lowest BCUT2D eigenvalue weighted by Gasteiger charge is -2.23. The first-order chi connectivity index (χ1) is 24.2. The van der Waals surface area contributed by atoms with E-state index in [0.717, 1.165) is 66.5 Å². The minimum Gasteiger partial charge on any atom is -0.493 e. The normalized spacial score (nSPS) is 14.8. The third-order valence-electron chi connectivity index (χ3n) is 7.62. The zero-order chi connectivity index (χ0) is 36.8. The number of nitrogens with zero attached hydrogens (tertiary/aromatic N) is 4. The summed E-state index contributed by atoms with van der Waals surface area (Å²) >= 11 is 0. The number of hydrogen-bond donors (Lipinski definition) is 2. The van der Waals surface area contributed by atoms with Crippen molar-refractivity contribution in [3.8, 4) is 56.8 Å². The molecule has 1 fully saturated rings. The Bertz CT molecular complexity index is 1880. The summed E-state index contributed by atoms with van der Waals surface area (Å²) in [5, 5.41) is 0. The largest absolute Gasteiger partial charge is 0.493 e. The Kier molecular flexibility index (Phi) is 11.6. The number of anilines is 2. The minimum atomic E-state index is -3.67. The molecular formula is C33H38N4O12S2. The molecule has 4 aromatic rings. The summed E-state index contributed by atoms with van der Waals surface area (Å²) in [5.41, 5.74) is 3.93. The number of fused-ring (bicyclic) bond motifs is 2. The average Bonchev–Trinajstić information content (AvgIpc) is 3.70. The summed E-state index contributed by atoms with van der Waals surface area (Å²) in [7, 11) is -4.07. The third kappa shape index (κ3) is 10.3. The van der Waals surface area contributed by atoms with Crippen molar-refractivity contribution < 1.29 is 54.4 Å². The van der Waals surface area contributed by atoms with E-state index in [2.05, 4.69) is 34.1 Å². The van der Waals surface area contributed by atoms with Crippen LogP contribution in [0.25, 0.3) is 22.3 Å². The van der Waals surface area contributed by atoms with Crippen molar-refractivity contribution in [3.63, 3.8) is 0 Å². The second kappa shape index (κ2) is 15.9. The first-order valence-electron chi connectivity index (χ1n) is 15.4. The van der Waals surface area contributed by atoms with Gasteiger partial charge in [-0.2, -0.15) is 16.8 Å². The molecule has 7 rings (SSSR count). The lowest BCUT2D eigenvalue weighted by molar-refractivity contribution is 0.171. The van der Waals surface area contributed by atoms with E-state index in [1.165, 1.54) is 0 Å². The molecule has 0 radical (unpaired) electrons. The van der Waals surface area contributed by atoms with Gasteiger partial charge in [0, 0.05) is 49.7 Å². The quantitative estimate of drug-likeness (QED) is 0.268. The molecule has 3 aliphatic heterocycles. The zero-order valence-corrected chi connectivity index (χ0v) is 29.9. The molecule has 0 spiro atoms. The van der Waals surface area contributed by atoms with Crippen LogP contribution in [-0.4, -0.2) is 102 Å². The molecule has 16 nitrogen and oxygen atoms in total. The van der Waals surface area contributed by atoms with Gasteiger partial charge in [0.25, 0.3) is 20.2 Å². The molecule has 0 atom stereocenters. The highest BCUT2D eigenvalue weighted by Gasteiger charge is 2.23. The number of aromatic nitrogens is 2. The van der Waals surface area contributed by atoms with Crippen molar-refractivity contribution in [2.45, 2.75) is 6.42 Å². The first kappa shape index (κ1) is 37.2. The lowest BCUT2D eigenvalue weighted by atomic mass is 10.1. The van der Waals surface area contributed by atoms with Gasteiger partial charge in [-0.1, -0.05) is 0 Å². The van der Waals surface area contributed by atoms with E-state index < -0.39 is 20.2 Å². The van der Waals surface area contributed by atoms with E-state index in [-0.39, 0.29) is 13.6 Å².